The molecule has 0 aliphatic carbocycles. The second-order valence-corrected chi connectivity index (χ2v) is 8.08. The molecule has 3 amide bonds. The number of nitrogens with zero attached hydrogens (tertiary/aromatic N) is 1. The lowest BCUT2D eigenvalue weighted by molar-refractivity contribution is -0.155. The Balaban J connectivity index is 1.54. The van der Waals surface area contributed by atoms with Crippen LogP contribution in [0.1, 0.15) is 30.1 Å². The van der Waals surface area contributed by atoms with Crippen LogP contribution in [-0.2, 0) is 19.1 Å². The lowest BCUT2D eigenvalue weighted by Gasteiger charge is -2.29. The molecule has 27 heavy (non-hydrogen) atoms. The van der Waals surface area contributed by atoms with Gasteiger partial charge in [-0.1, -0.05) is 6.07 Å². The second kappa shape index (κ2) is 7.59. The summed E-state index contributed by atoms with van der Waals surface area (Å²) in [6, 6.07) is 5.77. The van der Waals surface area contributed by atoms with Crippen molar-refractivity contribution < 1.29 is 23.9 Å². The zero-order chi connectivity index (χ0) is 19.6. The van der Waals surface area contributed by atoms with Crippen molar-refractivity contribution in [1.82, 2.24) is 10.2 Å². The average Bonchev–Trinajstić information content (AvgIpc) is 3.15. The molecule has 2 atom stereocenters. The molecule has 0 unspecified atom stereocenters. The first-order valence-corrected chi connectivity index (χ1v) is 9.57. The van der Waals surface area contributed by atoms with Crippen molar-refractivity contribution in [2.45, 2.75) is 30.7 Å². The Bertz CT molecular complexity index is 799. The molecule has 0 spiro atoms. The molecule has 2 aliphatic rings. The SMILES string of the molecule is CNC(=O)c1cccc(NC(=O)COC(=O)[C@@H]2CS[C@]3(C)CCC(=O)N23)c1. The molecular formula is C18H21N3O5S. The highest BCUT2D eigenvalue weighted by Crippen LogP contribution is 2.47. The fourth-order valence-electron chi connectivity index (χ4n) is 3.31. The molecular weight excluding hydrogens is 370 g/mol. The van der Waals surface area contributed by atoms with Crippen molar-refractivity contribution >= 4 is 41.1 Å². The maximum absolute atomic E-state index is 12.4. The van der Waals surface area contributed by atoms with Crippen LogP contribution >= 0.6 is 11.8 Å². The molecule has 3 rings (SSSR count). The van der Waals surface area contributed by atoms with Gasteiger partial charge in [-0.15, -0.1) is 11.8 Å². The van der Waals surface area contributed by atoms with Gasteiger partial charge in [0.1, 0.15) is 6.04 Å². The number of nitrogens with one attached hydrogen (secondary N) is 2. The normalized spacial score (nSPS) is 23.7. The number of esters is 1. The minimum absolute atomic E-state index is 0.0556. The highest BCUT2D eigenvalue weighted by atomic mass is 32.2. The highest BCUT2D eigenvalue weighted by Gasteiger charge is 2.53. The summed E-state index contributed by atoms with van der Waals surface area (Å²) < 4.78 is 5.12. The Morgan fingerprint density at radius 1 is 1.37 bits per heavy atom. The van der Waals surface area contributed by atoms with Crippen molar-refractivity contribution in [3.05, 3.63) is 29.8 Å². The maximum atomic E-state index is 12.4. The third kappa shape index (κ3) is 3.92. The summed E-state index contributed by atoms with van der Waals surface area (Å²) >= 11 is 1.56. The van der Waals surface area contributed by atoms with Crippen LogP contribution in [0.5, 0.6) is 0 Å². The van der Waals surface area contributed by atoms with E-state index in [4.69, 9.17) is 4.74 Å². The fraction of sp³-hybridized carbons (Fsp3) is 0.444. The fourth-order valence-corrected chi connectivity index (χ4v) is 4.72. The van der Waals surface area contributed by atoms with Gasteiger partial charge in [0.25, 0.3) is 11.8 Å². The molecule has 0 saturated carbocycles. The average molecular weight is 391 g/mol. The molecule has 144 valence electrons. The van der Waals surface area contributed by atoms with Gasteiger partial charge in [-0.3, -0.25) is 14.4 Å². The number of benzene rings is 1. The summed E-state index contributed by atoms with van der Waals surface area (Å²) in [7, 11) is 1.52. The van der Waals surface area contributed by atoms with Crippen molar-refractivity contribution in [2.24, 2.45) is 0 Å². The molecule has 1 aromatic rings. The first kappa shape index (κ1) is 19.2. The molecule has 0 radical (unpaired) electrons. The second-order valence-electron chi connectivity index (χ2n) is 6.58. The number of rotatable bonds is 5. The predicted octanol–water partition coefficient (Wildman–Crippen LogP) is 0.982. The lowest BCUT2D eigenvalue weighted by atomic mass is 10.2. The van der Waals surface area contributed by atoms with E-state index in [1.807, 2.05) is 6.92 Å². The van der Waals surface area contributed by atoms with E-state index in [1.54, 1.807) is 34.9 Å². The molecule has 2 N–H and O–H groups in total. The van der Waals surface area contributed by atoms with E-state index in [-0.39, 0.29) is 16.7 Å². The molecule has 2 aliphatic heterocycles. The summed E-state index contributed by atoms with van der Waals surface area (Å²) in [6.07, 6.45) is 1.14. The van der Waals surface area contributed by atoms with Crippen molar-refractivity contribution in [2.75, 3.05) is 24.7 Å². The van der Waals surface area contributed by atoms with Crippen LogP contribution in [0.4, 0.5) is 5.69 Å². The number of carbonyl (C=O) groups is 4. The minimum Gasteiger partial charge on any atom is -0.454 e. The number of thioether (sulfide) groups is 1. The zero-order valence-electron chi connectivity index (χ0n) is 15.1. The van der Waals surface area contributed by atoms with Gasteiger partial charge >= 0.3 is 5.97 Å². The number of carbonyl (C=O) groups excluding carboxylic acids is 4. The summed E-state index contributed by atoms with van der Waals surface area (Å²) in [5.41, 5.74) is 0.831. The van der Waals surface area contributed by atoms with E-state index in [2.05, 4.69) is 10.6 Å². The van der Waals surface area contributed by atoms with E-state index < -0.39 is 24.5 Å². The van der Waals surface area contributed by atoms with Gasteiger partial charge in [-0.05, 0) is 31.5 Å². The van der Waals surface area contributed by atoms with Crippen LogP contribution in [0.15, 0.2) is 24.3 Å². The predicted molar refractivity (Wildman–Crippen MR) is 100 cm³/mol. The number of hydrogen-bond acceptors (Lipinski definition) is 6. The monoisotopic (exact) mass is 391 g/mol. The molecule has 0 bridgehead atoms. The van der Waals surface area contributed by atoms with Gasteiger partial charge in [0.05, 0.1) is 4.87 Å². The van der Waals surface area contributed by atoms with Gasteiger partial charge in [-0.2, -0.15) is 0 Å². The third-order valence-corrected chi connectivity index (χ3v) is 6.20. The zero-order valence-corrected chi connectivity index (χ0v) is 15.9. The van der Waals surface area contributed by atoms with Gasteiger partial charge in [-0.25, -0.2) is 4.79 Å². The molecule has 2 saturated heterocycles. The van der Waals surface area contributed by atoms with E-state index >= 15 is 0 Å². The standard InChI is InChI=1S/C18H21N3O5S/c1-18-7-6-15(23)21(18)13(10-27-18)17(25)26-9-14(22)20-12-5-3-4-11(8-12)16(24)19-2/h3-5,8,13H,6-7,9-10H2,1-2H3,(H,19,24)(H,20,22)/t13-,18+/m0/s1. The lowest BCUT2D eigenvalue weighted by Crippen LogP contribution is -2.47. The van der Waals surface area contributed by atoms with Crippen LogP contribution in [0, 0.1) is 0 Å². The summed E-state index contributed by atoms with van der Waals surface area (Å²) in [6.45, 7) is 1.49. The number of ether oxygens (including phenoxy) is 1. The molecule has 9 heteroatoms. The van der Waals surface area contributed by atoms with E-state index in [9.17, 15) is 19.2 Å². The van der Waals surface area contributed by atoms with Crippen molar-refractivity contribution in [3.8, 4) is 0 Å². The van der Waals surface area contributed by atoms with Crippen molar-refractivity contribution in [1.29, 1.82) is 0 Å². The summed E-state index contributed by atoms with van der Waals surface area (Å²) in [4.78, 5) is 49.3. The number of anilines is 1. The maximum Gasteiger partial charge on any atom is 0.330 e. The third-order valence-electron chi connectivity index (χ3n) is 4.70. The molecule has 8 nitrogen and oxygen atoms in total. The van der Waals surface area contributed by atoms with E-state index in [0.717, 1.165) is 0 Å². The number of amides is 3. The Morgan fingerprint density at radius 2 is 2.15 bits per heavy atom. The summed E-state index contributed by atoms with van der Waals surface area (Å²) in [5, 5.41) is 5.09. The Morgan fingerprint density at radius 3 is 2.89 bits per heavy atom. The molecule has 0 aromatic heterocycles. The Labute approximate surface area is 161 Å². The van der Waals surface area contributed by atoms with E-state index in [0.29, 0.717) is 29.8 Å². The van der Waals surface area contributed by atoms with Gasteiger partial charge in [0, 0.05) is 30.5 Å². The first-order valence-electron chi connectivity index (χ1n) is 8.59. The van der Waals surface area contributed by atoms with Crippen LogP contribution in [-0.4, -0.2) is 58.9 Å². The van der Waals surface area contributed by atoms with Gasteiger partial charge in [0.2, 0.25) is 5.91 Å². The molecule has 2 heterocycles. The summed E-state index contributed by atoms with van der Waals surface area (Å²) in [5.74, 6) is -0.944. The van der Waals surface area contributed by atoms with Crippen LogP contribution < -0.4 is 10.6 Å². The van der Waals surface area contributed by atoms with E-state index in [1.165, 1.54) is 13.1 Å². The quantitative estimate of drug-likeness (QED) is 0.725. The van der Waals surface area contributed by atoms with Crippen LogP contribution in [0.3, 0.4) is 0 Å². The smallest absolute Gasteiger partial charge is 0.330 e. The van der Waals surface area contributed by atoms with Crippen LogP contribution in [0.25, 0.3) is 0 Å². The number of hydrogen-bond donors (Lipinski definition) is 2. The van der Waals surface area contributed by atoms with Gasteiger partial charge in [0.15, 0.2) is 6.61 Å². The molecule has 1 aromatic carbocycles. The highest BCUT2D eigenvalue weighted by molar-refractivity contribution is 8.01. The van der Waals surface area contributed by atoms with Crippen LogP contribution in [0.2, 0.25) is 0 Å². The minimum atomic E-state index is -0.653. The number of fused-ring (bicyclic) bond motifs is 1. The van der Waals surface area contributed by atoms with Gasteiger partial charge < -0.3 is 20.3 Å². The Kier molecular flexibility index (Phi) is 5.41. The van der Waals surface area contributed by atoms with Crippen molar-refractivity contribution in [3.63, 3.8) is 0 Å². The largest absolute Gasteiger partial charge is 0.454 e. The first-order chi connectivity index (χ1) is 12.8. The Hall–Kier alpha value is -2.55. The topological polar surface area (TPSA) is 105 Å². The molecule has 2 fully saturated rings.